The lowest BCUT2D eigenvalue weighted by Gasteiger charge is -2.13. The average Bonchev–Trinajstić information content (AvgIpc) is 2.53. The summed E-state index contributed by atoms with van der Waals surface area (Å²) in [4.78, 5) is 16.2. The number of nitrogen functional groups attached to an aromatic ring is 1. The Morgan fingerprint density at radius 1 is 1.30 bits per heavy atom. The van der Waals surface area contributed by atoms with Gasteiger partial charge in [0.25, 0.3) is 0 Å². The monoisotopic (exact) mass is 347 g/mol. The highest BCUT2D eigenvalue weighted by Crippen LogP contribution is 2.33. The van der Waals surface area contributed by atoms with Crippen LogP contribution in [0.4, 0.5) is 5.69 Å². The summed E-state index contributed by atoms with van der Waals surface area (Å²) in [6.07, 6.45) is 0. The van der Waals surface area contributed by atoms with Crippen molar-refractivity contribution in [2.75, 3.05) is 12.8 Å². The van der Waals surface area contributed by atoms with Gasteiger partial charge in [0.2, 0.25) is 0 Å². The molecule has 0 unspecified atom stereocenters. The molecule has 0 aliphatic carbocycles. The van der Waals surface area contributed by atoms with Gasteiger partial charge in [-0.3, -0.25) is 0 Å². The molecule has 0 aliphatic heterocycles. The number of carbonyl (C=O) groups excluding carboxylic acids is 1. The summed E-state index contributed by atoms with van der Waals surface area (Å²) >= 11 is 6.13. The highest BCUT2D eigenvalue weighted by atomic mass is 35.5. The number of aromatic nitrogens is 1. The molecular weight excluding hydrogens is 328 g/mol. The van der Waals surface area contributed by atoms with Gasteiger partial charge in [-0.2, -0.15) is 0 Å². The van der Waals surface area contributed by atoms with Gasteiger partial charge < -0.3 is 10.5 Å². The summed E-state index contributed by atoms with van der Waals surface area (Å²) in [6, 6.07) is 9.31. The lowest BCUT2D eigenvalue weighted by molar-refractivity contribution is 0.0594. The fourth-order valence-electron chi connectivity index (χ4n) is 2.37. The zero-order chi connectivity index (χ0) is 17.1. The molecule has 2 N–H and O–H groups in total. The van der Waals surface area contributed by atoms with Crippen molar-refractivity contribution in [3.63, 3.8) is 0 Å². The molecule has 1 radical (unpaired) electrons. The number of esters is 1. The molecule has 0 bridgehead atoms. The summed E-state index contributed by atoms with van der Waals surface area (Å²) in [6.45, 7) is 6.41. The number of ether oxygens (including phenoxy) is 1. The number of carbonyl (C=O) groups is 1. The number of rotatable bonds is 4. The maximum atomic E-state index is 11.8. The zero-order valence-electron chi connectivity index (χ0n) is 13.7. The van der Waals surface area contributed by atoms with Gasteiger partial charge in [0.1, 0.15) is 0 Å². The number of pyridine rings is 1. The third-order valence-electron chi connectivity index (χ3n) is 3.59. The third-order valence-corrected chi connectivity index (χ3v) is 5.09. The molecule has 6 heteroatoms. The van der Waals surface area contributed by atoms with Crippen molar-refractivity contribution in [2.24, 2.45) is 0 Å². The van der Waals surface area contributed by atoms with E-state index in [1.54, 1.807) is 0 Å². The van der Waals surface area contributed by atoms with Crippen LogP contribution in [0, 0.1) is 6.92 Å². The Morgan fingerprint density at radius 2 is 1.91 bits per heavy atom. The van der Waals surface area contributed by atoms with Gasteiger partial charge in [0, 0.05) is 14.4 Å². The van der Waals surface area contributed by atoms with Crippen LogP contribution in [0.5, 0.6) is 0 Å². The van der Waals surface area contributed by atoms with Crippen LogP contribution in [-0.4, -0.2) is 26.9 Å². The van der Waals surface area contributed by atoms with E-state index in [-0.39, 0.29) is 19.5 Å². The van der Waals surface area contributed by atoms with Gasteiger partial charge in [-0.1, -0.05) is 54.5 Å². The van der Waals surface area contributed by atoms with Crippen LogP contribution in [0.2, 0.25) is 18.1 Å². The number of hydrogen-bond acceptors (Lipinski definition) is 4. The highest BCUT2D eigenvalue weighted by molar-refractivity contribution is 6.55. The van der Waals surface area contributed by atoms with Crippen molar-refractivity contribution in [2.45, 2.75) is 26.1 Å². The minimum absolute atomic E-state index is 0.0453. The van der Waals surface area contributed by atoms with Crippen LogP contribution in [-0.2, 0) is 10.8 Å². The summed E-state index contributed by atoms with van der Waals surface area (Å²) in [5.74, 6) is -0.594. The Labute approximate surface area is 143 Å². The number of benzene rings is 1. The standard InChI is InChI=1S/C17H20ClN2O2Si/c1-10-14(19)13(18)16(17(21)22-2)20-15(10)12-7-5-11(6-8-12)9-23(3)4/h5-8H,9H2,1-4H3,(H2,19,20). The van der Waals surface area contributed by atoms with Crippen molar-refractivity contribution in [1.29, 1.82) is 0 Å². The van der Waals surface area contributed by atoms with Crippen LogP contribution >= 0.6 is 11.6 Å². The minimum atomic E-state index is -0.594. The number of halogens is 1. The quantitative estimate of drug-likeness (QED) is 0.672. The Kier molecular flexibility index (Phi) is 5.44. The molecule has 0 spiro atoms. The first-order valence-electron chi connectivity index (χ1n) is 7.27. The predicted octanol–water partition coefficient (Wildman–Crippen LogP) is 3.92. The van der Waals surface area contributed by atoms with Crippen molar-refractivity contribution < 1.29 is 9.53 Å². The molecule has 23 heavy (non-hydrogen) atoms. The van der Waals surface area contributed by atoms with E-state index in [2.05, 4.69) is 30.2 Å². The van der Waals surface area contributed by atoms with Gasteiger partial charge in [-0.05, 0) is 18.5 Å². The molecule has 4 nitrogen and oxygen atoms in total. The fourth-order valence-corrected chi connectivity index (χ4v) is 3.68. The number of hydrogen-bond donors (Lipinski definition) is 1. The van der Waals surface area contributed by atoms with Gasteiger partial charge in [0.15, 0.2) is 5.69 Å². The third kappa shape index (κ3) is 3.73. The van der Waals surface area contributed by atoms with Crippen LogP contribution in [0.3, 0.4) is 0 Å². The Morgan fingerprint density at radius 3 is 2.43 bits per heavy atom. The normalized spacial score (nSPS) is 10.9. The first-order valence-corrected chi connectivity index (χ1v) is 10.4. The highest BCUT2D eigenvalue weighted by Gasteiger charge is 2.20. The second-order valence-corrected chi connectivity index (χ2v) is 8.88. The van der Waals surface area contributed by atoms with Crippen LogP contribution in [0.1, 0.15) is 21.6 Å². The van der Waals surface area contributed by atoms with Crippen LogP contribution in [0.25, 0.3) is 11.3 Å². The van der Waals surface area contributed by atoms with Crippen molar-refractivity contribution in [1.82, 2.24) is 4.98 Å². The van der Waals surface area contributed by atoms with E-state index < -0.39 is 5.97 Å². The van der Waals surface area contributed by atoms with Gasteiger partial charge in [-0.25, -0.2) is 9.78 Å². The first-order chi connectivity index (χ1) is 10.8. The topological polar surface area (TPSA) is 65.2 Å². The van der Waals surface area contributed by atoms with Crippen LogP contribution < -0.4 is 5.73 Å². The SMILES string of the molecule is COC(=O)c1nc(-c2ccc(C[Si](C)C)cc2)c(C)c(N)c1Cl. The average molecular weight is 348 g/mol. The lowest BCUT2D eigenvalue weighted by Crippen LogP contribution is -2.10. The lowest BCUT2D eigenvalue weighted by atomic mass is 10.0. The summed E-state index contributed by atoms with van der Waals surface area (Å²) in [5.41, 5.74) is 10.0. The number of anilines is 1. The molecule has 2 aromatic rings. The predicted molar refractivity (Wildman–Crippen MR) is 96.4 cm³/mol. The molecule has 0 saturated carbocycles. The van der Waals surface area contributed by atoms with E-state index in [1.807, 2.05) is 19.1 Å². The summed E-state index contributed by atoms with van der Waals surface area (Å²) in [7, 11) is 0.972. The van der Waals surface area contributed by atoms with Crippen molar-refractivity contribution in [3.05, 3.63) is 46.1 Å². The van der Waals surface area contributed by atoms with E-state index in [9.17, 15) is 4.79 Å². The van der Waals surface area contributed by atoms with E-state index in [0.29, 0.717) is 11.4 Å². The van der Waals surface area contributed by atoms with E-state index >= 15 is 0 Å². The number of nitrogens with zero attached hydrogens (tertiary/aromatic N) is 1. The van der Waals surface area contributed by atoms with Crippen molar-refractivity contribution >= 4 is 32.1 Å². The van der Waals surface area contributed by atoms with Gasteiger partial charge in [-0.15, -0.1) is 0 Å². The van der Waals surface area contributed by atoms with Gasteiger partial charge in [0.05, 0.1) is 23.5 Å². The van der Waals surface area contributed by atoms with Crippen molar-refractivity contribution in [3.8, 4) is 11.3 Å². The molecule has 0 atom stereocenters. The Bertz CT molecular complexity index is 730. The molecular formula is C17H20ClN2O2Si. The maximum Gasteiger partial charge on any atom is 0.358 e. The Hall–Kier alpha value is -1.85. The summed E-state index contributed by atoms with van der Waals surface area (Å²) in [5, 5.41) is 0.138. The minimum Gasteiger partial charge on any atom is -0.464 e. The second-order valence-electron chi connectivity index (χ2n) is 5.73. The van der Waals surface area contributed by atoms with Gasteiger partial charge >= 0.3 is 5.97 Å². The molecule has 1 aromatic carbocycles. The second kappa shape index (κ2) is 7.15. The molecule has 1 heterocycles. The molecule has 0 fully saturated rings. The molecule has 1 aromatic heterocycles. The molecule has 0 aliphatic rings. The molecule has 0 saturated heterocycles. The first kappa shape index (κ1) is 17.5. The number of methoxy groups -OCH3 is 1. The van der Waals surface area contributed by atoms with Crippen LogP contribution in [0.15, 0.2) is 24.3 Å². The molecule has 2 rings (SSSR count). The summed E-state index contributed by atoms with van der Waals surface area (Å²) < 4.78 is 4.73. The van der Waals surface area contributed by atoms with E-state index in [4.69, 9.17) is 22.1 Å². The molecule has 121 valence electrons. The largest absolute Gasteiger partial charge is 0.464 e. The molecule has 0 amide bonds. The van der Waals surface area contributed by atoms with E-state index in [0.717, 1.165) is 17.2 Å². The fraction of sp³-hybridized carbons (Fsp3) is 0.294. The maximum absolute atomic E-state index is 11.8. The Balaban J connectivity index is 2.50. The van der Waals surface area contributed by atoms with E-state index in [1.165, 1.54) is 12.7 Å². The zero-order valence-corrected chi connectivity index (χ0v) is 15.5. The number of nitrogens with two attached hydrogens (primary N) is 1. The smallest absolute Gasteiger partial charge is 0.358 e.